The van der Waals surface area contributed by atoms with E-state index in [1.54, 1.807) is 54.7 Å². The number of hydrogen-bond donors (Lipinski definition) is 2. The third-order valence-electron chi connectivity index (χ3n) is 7.85. The number of aromatic nitrogens is 1. The number of para-hydroxylation sites is 1. The quantitative estimate of drug-likeness (QED) is 0.285. The summed E-state index contributed by atoms with van der Waals surface area (Å²) in [6.45, 7) is 0.258. The minimum absolute atomic E-state index is 0.258. The lowest BCUT2D eigenvalue weighted by atomic mass is 9.89. The molecular weight excluding hydrogens is 520 g/mol. The molecular formula is C32H26N4O5. The van der Waals surface area contributed by atoms with Crippen LogP contribution in [0.2, 0.25) is 0 Å². The maximum atomic E-state index is 14.1. The summed E-state index contributed by atoms with van der Waals surface area (Å²) >= 11 is 0. The molecule has 0 aliphatic carbocycles. The van der Waals surface area contributed by atoms with Crippen LogP contribution in [0.25, 0.3) is 10.9 Å². The summed E-state index contributed by atoms with van der Waals surface area (Å²) in [5, 5.41) is 3.84. The van der Waals surface area contributed by atoms with Gasteiger partial charge in [-0.2, -0.15) is 0 Å². The fraction of sp³-hybridized carbons (Fsp3) is 0.156. The summed E-state index contributed by atoms with van der Waals surface area (Å²) in [4.78, 5) is 47.0. The minimum atomic E-state index is -0.679. The third kappa shape index (κ3) is 4.05. The van der Waals surface area contributed by atoms with Gasteiger partial charge in [0.25, 0.3) is 11.8 Å². The average Bonchev–Trinajstić information content (AvgIpc) is 3.72. The zero-order valence-corrected chi connectivity index (χ0v) is 22.2. The van der Waals surface area contributed by atoms with Gasteiger partial charge in [0.1, 0.15) is 23.6 Å². The Labute approximate surface area is 235 Å². The van der Waals surface area contributed by atoms with Crippen molar-refractivity contribution in [2.45, 2.75) is 25.0 Å². The van der Waals surface area contributed by atoms with Gasteiger partial charge in [0.2, 0.25) is 0 Å². The van der Waals surface area contributed by atoms with E-state index >= 15 is 0 Å². The molecule has 2 atom stereocenters. The Morgan fingerprint density at radius 3 is 2.63 bits per heavy atom. The van der Waals surface area contributed by atoms with Gasteiger partial charge in [0, 0.05) is 28.6 Å². The molecule has 2 aromatic heterocycles. The topological polar surface area (TPSA) is 108 Å². The smallest absolute Gasteiger partial charge is 0.332 e. The van der Waals surface area contributed by atoms with E-state index in [0.29, 0.717) is 29.2 Å². The first kappa shape index (κ1) is 24.7. The second kappa shape index (κ2) is 9.71. The van der Waals surface area contributed by atoms with Crippen LogP contribution in [0.15, 0.2) is 95.6 Å². The second-order valence-corrected chi connectivity index (χ2v) is 10.1. The Kier molecular flexibility index (Phi) is 5.85. The van der Waals surface area contributed by atoms with Gasteiger partial charge in [0.05, 0.1) is 25.6 Å². The molecule has 2 N–H and O–H groups in total. The largest absolute Gasteiger partial charge is 0.497 e. The second-order valence-electron chi connectivity index (χ2n) is 10.1. The van der Waals surface area contributed by atoms with Crippen molar-refractivity contribution in [3.05, 3.63) is 119 Å². The molecule has 4 heterocycles. The highest BCUT2D eigenvalue weighted by molar-refractivity contribution is 6.22. The highest BCUT2D eigenvalue weighted by Gasteiger charge is 2.53. The molecule has 5 aromatic rings. The SMILES string of the molecule is COc1cccc([C@@H]2c3[nH]c4ccccc4c3C[C@H]3C(=O)N(c4ccc(C(=O)NCc5ccco5)cc4)C(=O)N23)c1. The highest BCUT2D eigenvalue weighted by Crippen LogP contribution is 2.45. The van der Waals surface area contributed by atoms with E-state index < -0.39 is 18.1 Å². The molecule has 0 unspecified atom stereocenters. The lowest BCUT2D eigenvalue weighted by Gasteiger charge is -2.36. The maximum Gasteiger partial charge on any atom is 0.332 e. The molecule has 41 heavy (non-hydrogen) atoms. The number of H-pyrrole nitrogens is 1. The number of imide groups is 1. The Hall–Kier alpha value is -5.31. The van der Waals surface area contributed by atoms with E-state index in [2.05, 4.69) is 10.3 Å². The van der Waals surface area contributed by atoms with Crippen molar-refractivity contribution < 1.29 is 23.5 Å². The number of urea groups is 1. The third-order valence-corrected chi connectivity index (χ3v) is 7.85. The van der Waals surface area contributed by atoms with E-state index in [9.17, 15) is 14.4 Å². The van der Waals surface area contributed by atoms with Crippen molar-refractivity contribution in [1.82, 2.24) is 15.2 Å². The van der Waals surface area contributed by atoms with E-state index in [-0.39, 0.29) is 18.4 Å². The number of rotatable bonds is 6. The molecule has 1 fully saturated rings. The lowest BCUT2D eigenvalue weighted by molar-refractivity contribution is -0.120. The summed E-state index contributed by atoms with van der Waals surface area (Å²) in [7, 11) is 1.60. The van der Waals surface area contributed by atoms with Crippen molar-refractivity contribution in [3.8, 4) is 5.75 Å². The molecule has 1 saturated heterocycles. The minimum Gasteiger partial charge on any atom is -0.497 e. The molecule has 0 spiro atoms. The van der Waals surface area contributed by atoms with Gasteiger partial charge in [-0.1, -0.05) is 30.3 Å². The Bertz CT molecular complexity index is 1790. The summed E-state index contributed by atoms with van der Waals surface area (Å²) in [5.74, 6) is 0.725. The number of furan rings is 1. The fourth-order valence-electron chi connectivity index (χ4n) is 5.91. The van der Waals surface area contributed by atoms with Crippen molar-refractivity contribution in [2.24, 2.45) is 0 Å². The molecule has 4 amide bonds. The normalized spacial score (nSPS) is 18.0. The number of nitrogens with zero attached hydrogens (tertiary/aromatic N) is 2. The first-order valence-corrected chi connectivity index (χ1v) is 13.3. The van der Waals surface area contributed by atoms with Crippen molar-refractivity contribution in [2.75, 3.05) is 12.0 Å². The van der Waals surface area contributed by atoms with Gasteiger partial charge in [-0.05, 0) is 65.7 Å². The van der Waals surface area contributed by atoms with Crippen LogP contribution in [0.5, 0.6) is 5.75 Å². The first-order chi connectivity index (χ1) is 20.0. The summed E-state index contributed by atoms with van der Waals surface area (Å²) in [6, 6.07) is 24.0. The van der Waals surface area contributed by atoms with Gasteiger partial charge < -0.3 is 19.5 Å². The number of hydrogen-bond acceptors (Lipinski definition) is 5. The van der Waals surface area contributed by atoms with Gasteiger partial charge in [0.15, 0.2) is 0 Å². The summed E-state index contributed by atoms with van der Waals surface area (Å²) < 4.78 is 10.7. The summed E-state index contributed by atoms with van der Waals surface area (Å²) in [6.07, 6.45) is 1.94. The number of ether oxygens (including phenoxy) is 1. The van der Waals surface area contributed by atoms with Crippen molar-refractivity contribution in [1.29, 1.82) is 0 Å². The number of carbonyl (C=O) groups excluding carboxylic acids is 3. The van der Waals surface area contributed by atoms with Crippen LogP contribution >= 0.6 is 0 Å². The van der Waals surface area contributed by atoms with Crippen LogP contribution in [0, 0.1) is 0 Å². The van der Waals surface area contributed by atoms with Crippen molar-refractivity contribution in [3.63, 3.8) is 0 Å². The van der Waals surface area contributed by atoms with E-state index in [0.717, 1.165) is 27.7 Å². The predicted octanol–water partition coefficient (Wildman–Crippen LogP) is 5.18. The molecule has 2 aliphatic rings. The first-order valence-electron chi connectivity index (χ1n) is 13.3. The molecule has 0 saturated carbocycles. The van der Waals surface area contributed by atoms with E-state index in [4.69, 9.17) is 9.15 Å². The van der Waals surface area contributed by atoms with Crippen LogP contribution in [0.1, 0.15) is 39.0 Å². The van der Waals surface area contributed by atoms with Crippen LogP contribution in [0.4, 0.5) is 10.5 Å². The molecule has 3 aromatic carbocycles. The zero-order chi connectivity index (χ0) is 28.1. The number of benzene rings is 3. The Balaban J connectivity index is 1.23. The van der Waals surface area contributed by atoms with Crippen LogP contribution in [0.3, 0.4) is 0 Å². The number of fused-ring (bicyclic) bond motifs is 4. The zero-order valence-electron chi connectivity index (χ0n) is 22.2. The Morgan fingerprint density at radius 1 is 1.02 bits per heavy atom. The van der Waals surface area contributed by atoms with Gasteiger partial charge in [-0.15, -0.1) is 0 Å². The number of aromatic amines is 1. The van der Waals surface area contributed by atoms with Crippen molar-refractivity contribution >= 4 is 34.4 Å². The van der Waals surface area contributed by atoms with Crippen LogP contribution in [-0.4, -0.2) is 40.9 Å². The Morgan fingerprint density at radius 2 is 1.85 bits per heavy atom. The molecule has 2 aliphatic heterocycles. The van der Waals surface area contributed by atoms with Gasteiger partial charge in [-0.3, -0.25) is 14.5 Å². The van der Waals surface area contributed by atoms with E-state index in [1.807, 2.05) is 48.5 Å². The lowest BCUT2D eigenvalue weighted by Crippen LogP contribution is -2.44. The number of nitrogens with one attached hydrogen (secondary N) is 2. The molecule has 0 radical (unpaired) electrons. The molecule has 204 valence electrons. The molecule has 0 bridgehead atoms. The van der Waals surface area contributed by atoms with Crippen LogP contribution < -0.4 is 15.0 Å². The monoisotopic (exact) mass is 546 g/mol. The summed E-state index contributed by atoms with van der Waals surface area (Å²) in [5.41, 5.74) is 4.55. The number of anilines is 1. The van der Waals surface area contributed by atoms with Gasteiger partial charge >= 0.3 is 6.03 Å². The fourth-order valence-corrected chi connectivity index (χ4v) is 5.91. The van der Waals surface area contributed by atoms with E-state index in [1.165, 1.54) is 4.90 Å². The average molecular weight is 547 g/mol. The highest BCUT2D eigenvalue weighted by atomic mass is 16.5. The van der Waals surface area contributed by atoms with Gasteiger partial charge in [-0.25, -0.2) is 9.69 Å². The standard InChI is InChI=1S/C32H26N4O5/c1-40-22-7-4-6-20(16-22)29-28-25(24-9-2-3-10-26(24)34-28)17-27-31(38)35(32(39)36(27)29)21-13-11-19(12-14-21)30(37)33-18-23-8-5-15-41-23/h2-16,27,29,34H,17-18H2,1H3,(H,33,37)/t27-,29+/m0/s1. The van der Waals surface area contributed by atoms with Crippen LogP contribution in [-0.2, 0) is 17.8 Å². The molecule has 7 rings (SSSR count). The number of carbonyl (C=O) groups is 3. The maximum absolute atomic E-state index is 14.1. The molecule has 9 heteroatoms. The number of methoxy groups -OCH3 is 1. The predicted molar refractivity (Wildman–Crippen MR) is 152 cm³/mol. The number of amides is 4. The molecule has 9 nitrogen and oxygen atoms in total.